The molecule has 1 heterocycles. The molecule has 0 aliphatic carbocycles. The highest BCUT2D eigenvalue weighted by Gasteiger charge is 2.17. The number of carbonyl (C=O) groups excluding carboxylic acids is 1. The second-order valence-corrected chi connectivity index (χ2v) is 7.13. The van der Waals surface area contributed by atoms with E-state index < -0.39 is 0 Å². The highest BCUT2D eigenvalue weighted by Crippen LogP contribution is 2.21. The van der Waals surface area contributed by atoms with Gasteiger partial charge in [0.15, 0.2) is 0 Å². The summed E-state index contributed by atoms with van der Waals surface area (Å²) in [6, 6.07) is 25.3. The van der Waals surface area contributed by atoms with Crippen LogP contribution in [0, 0.1) is 0 Å². The smallest absolute Gasteiger partial charge is 0.246 e. The molecule has 0 unspecified atom stereocenters. The number of hydrogen-bond acceptors (Lipinski definition) is 2. The number of hydrogen-bond donors (Lipinski definition) is 0. The fraction of sp³-hybridized carbons (Fsp3) is 0.130. The molecule has 3 aromatic carbocycles. The lowest BCUT2D eigenvalue weighted by molar-refractivity contribution is -0.118. The zero-order chi connectivity index (χ0) is 19.5. The number of nitrogens with zero attached hydrogens (tertiary/aromatic N) is 3. The van der Waals surface area contributed by atoms with E-state index in [2.05, 4.69) is 0 Å². The molecule has 4 rings (SSSR count). The average Bonchev–Trinajstić information content (AvgIpc) is 3.07. The highest BCUT2D eigenvalue weighted by atomic mass is 35.5. The maximum Gasteiger partial charge on any atom is 0.246 e. The minimum Gasteiger partial charge on any atom is -0.318 e. The summed E-state index contributed by atoms with van der Waals surface area (Å²) in [7, 11) is 1.80. The van der Waals surface area contributed by atoms with E-state index >= 15 is 0 Å². The first kappa shape index (κ1) is 18.3. The van der Waals surface area contributed by atoms with Crippen molar-refractivity contribution in [1.82, 2.24) is 9.55 Å². The van der Waals surface area contributed by atoms with Crippen molar-refractivity contribution in [3.63, 3.8) is 0 Å². The number of imidazole rings is 1. The molecule has 140 valence electrons. The van der Waals surface area contributed by atoms with Crippen LogP contribution in [0.2, 0.25) is 5.02 Å². The zero-order valence-electron chi connectivity index (χ0n) is 15.5. The van der Waals surface area contributed by atoms with Crippen molar-refractivity contribution in [2.75, 3.05) is 11.9 Å². The van der Waals surface area contributed by atoms with Gasteiger partial charge in [-0.1, -0.05) is 54.1 Å². The predicted molar refractivity (Wildman–Crippen MR) is 114 cm³/mol. The van der Waals surface area contributed by atoms with Crippen LogP contribution in [0.15, 0.2) is 78.9 Å². The van der Waals surface area contributed by atoms with E-state index in [4.69, 9.17) is 16.6 Å². The van der Waals surface area contributed by atoms with Crippen molar-refractivity contribution in [3.05, 3.63) is 95.3 Å². The summed E-state index contributed by atoms with van der Waals surface area (Å²) < 4.78 is 2.01. The molecule has 0 aliphatic heterocycles. The monoisotopic (exact) mass is 389 g/mol. The summed E-state index contributed by atoms with van der Waals surface area (Å²) in [5.41, 5.74) is 3.82. The minimum atomic E-state index is 0.00621. The Morgan fingerprint density at radius 2 is 1.64 bits per heavy atom. The van der Waals surface area contributed by atoms with Crippen LogP contribution < -0.4 is 4.90 Å². The number of benzene rings is 3. The van der Waals surface area contributed by atoms with E-state index in [1.165, 1.54) is 0 Å². The molecule has 0 N–H and O–H groups in total. The third-order valence-corrected chi connectivity index (χ3v) is 5.07. The summed E-state index contributed by atoms with van der Waals surface area (Å²) in [5.74, 6) is 0.866. The Morgan fingerprint density at radius 1 is 0.964 bits per heavy atom. The van der Waals surface area contributed by atoms with Gasteiger partial charge in [0.25, 0.3) is 0 Å². The van der Waals surface area contributed by atoms with Gasteiger partial charge in [0.05, 0.1) is 11.0 Å². The third-order valence-electron chi connectivity index (χ3n) is 4.82. The van der Waals surface area contributed by atoms with Crippen molar-refractivity contribution in [2.45, 2.75) is 13.0 Å². The first-order chi connectivity index (χ1) is 13.6. The van der Waals surface area contributed by atoms with Crippen LogP contribution >= 0.6 is 11.6 Å². The maximum atomic E-state index is 13.0. The topological polar surface area (TPSA) is 38.1 Å². The van der Waals surface area contributed by atoms with E-state index in [0.717, 1.165) is 28.1 Å². The number of likely N-dealkylation sites (N-methyl/N-ethyl adjacent to an activating group) is 1. The van der Waals surface area contributed by atoms with Crippen molar-refractivity contribution in [2.24, 2.45) is 0 Å². The van der Waals surface area contributed by atoms with Gasteiger partial charge < -0.3 is 9.47 Å². The molecule has 0 saturated heterocycles. The maximum absolute atomic E-state index is 13.0. The fourth-order valence-electron chi connectivity index (χ4n) is 3.26. The lowest BCUT2D eigenvalue weighted by atomic mass is 10.1. The molecule has 0 saturated carbocycles. The van der Waals surface area contributed by atoms with E-state index in [9.17, 15) is 4.79 Å². The predicted octanol–water partition coefficient (Wildman–Crippen LogP) is 4.94. The van der Waals surface area contributed by atoms with Gasteiger partial charge in [0, 0.05) is 24.2 Å². The molecule has 4 nitrogen and oxygen atoms in total. The van der Waals surface area contributed by atoms with Gasteiger partial charge >= 0.3 is 0 Å². The van der Waals surface area contributed by atoms with Crippen LogP contribution in [0.3, 0.4) is 0 Å². The van der Waals surface area contributed by atoms with E-state index in [1.54, 1.807) is 11.9 Å². The van der Waals surface area contributed by atoms with Gasteiger partial charge in [-0.3, -0.25) is 4.79 Å². The molecule has 4 aromatic rings. The van der Waals surface area contributed by atoms with Gasteiger partial charge in [-0.05, 0) is 42.0 Å². The number of para-hydroxylation sites is 3. The standard InChI is InChI=1S/C23H20ClN3O/c1-26(19-7-3-2-4-8-19)23(28)16-27-21-10-6-5-9-20(21)25-22(27)15-17-11-13-18(24)14-12-17/h2-14H,15-16H2,1H3. The highest BCUT2D eigenvalue weighted by molar-refractivity contribution is 6.30. The zero-order valence-corrected chi connectivity index (χ0v) is 16.3. The van der Waals surface area contributed by atoms with Crippen molar-refractivity contribution in [1.29, 1.82) is 0 Å². The Labute approximate surface area is 169 Å². The Hall–Kier alpha value is -3.11. The molecule has 28 heavy (non-hydrogen) atoms. The molecule has 5 heteroatoms. The molecule has 1 aromatic heterocycles. The summed E-state index contributed by atoms with van der Waals surface area (Å²) in [5, 5.41) is 0.705. The van der Waals surface area contributed by atoms with Crippen LogP contribution in [-0.4, -0.2) is 22.5 Å². The van der Waals surface area contributed by atoms with E-state index in [1.807, 2.05) is 83.4 Å². The molecule has 0 aliphatic rings. The lowest BCUT2D eigenvalue weighted by Crippen LogP contribution is -2.30. The minimum absolute atomic E-state index is 0.00621. The van der Waals surface area contributed by atoms with Gasteiger partial charge in [-0.2, -0.15) is 0 Å². The first-order valence-corrected chi connectivity index (χ1v) is 9.50. The number of halogens is 1. The molecular formula is C23H20ClN3O. The molecular weight excluding hydrogens is 370 g/mol. The Morgan fingerprint density at radius 3 is 2.39 bits per heavy atom. The molecule has 0 fully saturated rings. The number of fused-ring (bicyclic) bond motifs is 1. The average molecular weight is 390 g/mol. The Bertz CT molecular complexity index is 1100. The molecule has 0 atom stereocenters. The summed E-state index contributed by atoms with van der Waals surface area (Å²) in [6.07, 6.45) is 0.633. The SMILES string of the molecule is CN(C(=O)Cn1c(Cc2ccc(Cl)cc2)nc2ccccc21)c1ccccc1. The molecule has 0 spiro atoms. The third kappa shape index (κ3) is 3.78. The largest absolute Gasteiger partial charge is 0.318 e. The van der Waals surface area contributed by atoms with Crippen LogP contribution in [0.25, 0.3) is 11.0 Å². The van der Waals surface area contributed by atoms with Crippen LogP contribution in [0.4, 0.5) is 5.69 Å². The molecule has 0 radical (unpaired) electrons. The van der Waals surface area contributed by atoms with E-state index in [0.29, 0.717) is 11.4 Å². The van der Waals surface area contributed by atoms with E-state index in [-0.39, 0.29) is 12.5 Å². The summed E-state index contributed by atoms with van der Waals surface area (Å²) in [4.78, 5) is 19.4. The number of anilines is 1. The second-order valence-electron chi connectivity index (χ2n) is 6.69. The Balaban J connectivity index is 1.67. The first-order valence-electron chi connectivity index (χ1n) is 9.12. The molecule has 0 bridgehead atoms. The fourth-order valence-corrected chi connectivity index (χ4v) is 3.38. The normalized spacial score (nSPS) is 10.9. The van der Waals surface area contributed by atoms with Gasteiger partial charge in [0.1, 0.15) is 12.4 Å². The quantitative estimate of drug-likeness (QED) is 0.484. The number of carbonyl (C=O) groups is 1. The van der Waals surface area contributed by atoms with Crippen molar-refractivity contribution < 1.29 is 4.79 Å². The number of aromatic nitrogens is 2. The van der Waals surface area contributed by atoms with Gasteiger partial charge in [-0.15, -0.1) is 0 Å². The van der Waals surface area contributed by atoms with Gasteiger partial charge in [0.2, 0.25) is 5.91 Å². The summed E-state index contributed by atoms with van der Waals surface area (Å²) >= 11 is 6.00. The van der Waals surface area contributed by atoms with Crippen molar-refractivity contribution >= 4 is 34.2 Å². The van der Waals surface area contributed by atoms with Crippen LogP contribution in [-0.2, 0) is 17.8 Å². The molecule has 1 amide bonds. The van der Waals surface area contributed by atoms with Crippen molar-refractivity contribution in [3.8, 4) is 0 Å². The van der Waals surface area contributed by atoms with Gasteiger partial charge in [-0.25, -0.2) is 4.98 Å². The Kier molecular flexibility index (Phi) is 5.13. The van der Waals surface area contributed by atoms with Crippen LogP contribution in [0.1, 0.15) is 11.4 Å². The number of amides is 1. The lowest BCUT2D eigenvalue weighted by Gasteiger charge is -2.18. The summed E-state index contributed by atoms with van der Waals surface area (Å²) in [6.45, 7) is 0.231. The number of rotatable bonds is 5. The second kappa shape index (κ2) is 7.87. The van der Waals surface area contributed by atoms with Crippen LogP contribution in [0.5, 0.6) is 0 Å².